The van der Waals surface area contributed by atoms with E-state index in [0.29, 0.717) is 5.15 Å². The predicted octanol–water partition coefficient (Wildman–Crippen LogP) is 4.43. The zero-order valence-corrected chi connectivity index (χ0v) is 15.4. The fraction of sp³-hybridized carbons (Fsp3) is 0.421. The van der Waals surface area contributed by atoms with Crippen molar-refractivity contribution in [1.82, 2.24) is 15.3 Å². The lowest BCUT2D eigenvalue weighted by atomic mass is 9.79. The third-order valence-corrected chi connectivity index (χ3v) is 4.39. The summed E-state index contributed by atoms with van der Waals surface area (Å²) in [4.78, 5) is 20.6. The normalized spacial score (nSPS) is 19.8. The van der Waals surface area contributed by atoms with E-state index in [0.717, 1.165) is 24.1 Å². The third kappa shape index (κ3) is 4.48. The van der Waals surface area contributed by atoms with Gasteiger partial charge in [-0.3, -0.25) is 0 Å². The Morgan fingerprint density at radius 2 is 2.04 bits per heavy atom. The number of carbonyl (C=O) groups is 1. The Kier molecular flexibility index (Phi) is 4.95. The van der Waals surface area contributed by atoms with Crippen LogP contribution in [-0.4, -0.2) is 21.7 Å². The molecule has 1 aliphatic carbocycles. The van der Waals surface area contributed by atoms with Gasteiger partial charge in [0.05, 0.1) is 6.04 Å². The summed E-state index contributed by atoms with van der Waals surface area (Å²) in [6, 6.07) is 9.82. The number of fused-ring (bicyclic) bond motifs is 1. The van der Waals surface area contributed by atoms with Crippen LogP contribution in [0.1, 0.15) is 56.0 Å². The molecule has 1 aliphatic rings. The van der Waals surface area contributed by atoms with Gasteiger partial charge in [-0.1, -0.05) is 35.9 Å². The molecule has 1 aromatic carbocycles. The van der Waals surface area contributed by atoms with E-state index in [9.17, 15) is 4.79 Å². The van der Waals surface area contributed by atoms with Crippen molar-refractivity contribution in [2.24, 2.45) is 0 Å². The molecule has 0 spiro atoms. The Labute approximate surface area is 152 Å². The topological polar surface area (TPSA) is 64.1 Å². The summed E-state index contributed by atoms with van der Waals surface area (Å²) in [6.45, 7) is 5.56. The number of aromatic nitrogens is 2. The zero-order chi connectivity index (χ0) is 18.0. The molecule has 2 unspecified atom stereocenters. The number of hydrogen-bond donors (Lipinski definition) is 1. The van der Waals surface area contributed by atoms with Gasteiger partial charge in [-0.2, -0.15) is 0 Å². The van der Waals surface area contributed by atoms with Crippen molar-refractivity contribution in [3.63, 3.8) is 0 Å². The van der Waals surface area contributed by atoms with Gasteiger partial charge in [0, 0.05) is 11.6 Å². The maximum atomic E-state index is 12.3. The molecule has 1 amide bonds. The molecule has 2 atom stereocenters. The van der Waals surface area contributed by atoms with Crippen LogP contribution in [0.5, 0.6) is 0 Å². The average Bonchev–Trinajstić information content (AvgIpc) is 2.53. The van der Waals surface area contributed by atoms with Crippen molar-refractivity contribution in [2.45, 2.75) is 51.2 Å². The largest absolute Gasteiger partial charge is 0.444 e. The summed E-state index contributed by atoms with van der Waals surface area (Å²) in [6.07, 6.45) is 2.67. The highest BCUT2D eigenvalue weighted by atomic mass is 35.5. The van der Waals surface area contributed by atoms with Crippen molar-refractivity contribution < 1.29 is 9.53 Å². The highest BCUT2D eigenvalue weighted by molar-refractivity contribution is 6.29. The maximum absolute atomic E-state index is 12.3. The first kappa shape index (κ1) is 17.7. The predicted molar refractivity (Wildman–Crippen MR) is 96.7 cm³/mol. The smallest absolute Gasteiger partial charge is 0.408 e. The number of ether oxygens (including phenoxy) is 1. The lowest BCUT2D eigenvalue weighted by molar-refractivity contribution is 0.0496. The van der Waals surface area contributed by atoms with Crippen LogP contribution < -0.4 is 5.32 Å². The number of amides is 1. The second-order valence-corrected chi connectivity index (χ2v) is 7.69. The van der Waals surface area contributed by atoms with Crippen molar-refractivity contribution in [2.75, 3.05) is 0 Å². The van der Waals surface area contributed by atoms with Gasteiger partial charge in [-0.25, -0.2) is 14.8 Å². The van der Waals surface area contributed by atoms with E-state index >= 15 is 0 Å². The summed E-state index contributed by atoms with van der Waals surface area (Å²) in [5.41, 5.74) is 2.70. The Hall–Kier alpha value is -2.14. The lowest BCUT2D eigenvalue weighted by Crippen LogP contribution is -2.37. The lowest BCUT2D eigenvalue weighted by Gasteiger charge is -2.32. The van der Waals surface area contributed by atoms with Gasteiger partial charge in [0.15, 0.2) is 0 Å². The summed E-state index contributed by atoms with van der Waals surface area (Å²) >= 11 is 6.02. The van der Waals surface area contributed by atoms with E-state index in [-0.39, 0.29) is 12.0 Å². The molecule has 0 saturated carbocycles. The number of rotatable bonds is 2. The van der Waals surface area contributed by atoms with Gasteiger partial charge in [-0.15, -0.1) is 0 Å². The Morgan fingerprint density at radius 3 is 2.76 bits per heavy atom. The van der Waals surface area contributed by atoms with Crippen molar-refractivity contribution in [3.8, 4) is 0 Å². The minimum Gasteiger partial charge on any atom is -0.444 e. The van der Waals surface area contributed by atoms with E-state index < -0.39 is 11.7 Å². The Bertz CT molecular complexity index is 773. The van der Waals surface area contributed by atoms with Gasteiger partial charge in [-0.05, 0) is 50.8 Å². The monoisotopic (exact) mass is 359 g/mol. The fourth-order valence-electron chi connectivity index (χ4n) is 3.20. The van der Waals surface area contributed by atoms with Crippen LogP contribution in [0, 0.1) is 0 Å². The highest BCUT2D eigenvalue weighted by Gasteiger charge is 2.30. The van der Waals surface area contributed by atoms with Gasteiger partial charge in [0.25, 0.3) is 0 Å². The summed E-state index contributed by atoms with van der Waals surface area (Å²) in [5, 5.41) is 3.44. The highest BCUT2D eigenvalue weighted by Crippen LogP contribution is 2.38. The number of nitrogens with zero attached hydrogens (tertiary/aromatic N) is 2. The van der Waals surface area contributed by atoms with Gasteiger partial charge < -0.3 is 10.1 Å². The molecular weight excluding hydrogens is 338 g/mol. The van der Waals surface area contributed by atoms with Crippen LogP contribution in [0.4, 0.5) is 4.79 Å². The van der Waals surface area contributed by atoms with E-state index in [2.05, 4.69) is 27.4 Å². The number of benzene rings is 1. The molecule has 132 valence electrons. The quantitative estimate of drug-likeness (QED) is 0.806. The molecule has 6 heteroatoms. The first-order valence-electron chi connectivity index (χ1n) is 8.36. The zero-order valence-electron chi connectivity index (χ0n) is 14.6. The molecule has 25 heavy (non-hydrogen) atoms. The van der Waals surface area contributed by atoms with Crippen LogP contribution in [0.2, 0.25) is 5.15 Å². The van der Waals surface area contributed by atoms with Crippen LogP contribution >= 0.6 is 11.6 Å². The maximum Gasteiger partial charge on any atom is 0.408 e. The first-order chi connectivity index (χ1) is 11.8. The minimum atomic E-state index is -0.530. The van der Waals surface area contributed by atoms with Crippen molar-refractivity contribution >= 4 is 17.7 Å². The molecule has 5 nitrogen and oxygen atoms in total. The molecule has 1 aromatic heterocycles. The average molecular weight is 360 g/mol. The molecule has 3 rings (SSSR count). The number of hydrogen-bond acceptors (Lipinski definition) is 4. The second-order valence-electron chi connectivity index (χ2n) is 7.30. The van der Waals surface area contributed by atoms with E-state index in [1.54, 1.807) is 6.07 Å². The molecule has 0 radical (unpaired) electrons. The molecule has 0 aliphatic heterocycles. The summed E-state index contributed by atoms with van der Waals surface area (Å²) < 4.78 is 5.42. The van der Waals surface area contributed by atoms with Crippen LogP contribution in [0.3, 0.4) is 0 Å². The van der Waals surface area contributed by atoms with Crippen molar-refractivity contribution in [3.05, 3.63) is 58.6 Å². The van der Waals surface area contributed by atoms with Crippen LogP contribution in [0.25, 0.3) is 0 Å². The molecule has 2 aromatic rings. The van der Waals surface area contributed by atoms with E-state index in [1.165, 1.54) is 11.9 Å². The fourth-order valence-corrected chi connectivity index (χ4v) is 3.36. The minimum absolute atomic E-state index is 0.126. The van der Waals surface area contributed by atoms with Gasteiger partial charge in [0.1, 0.15) is 17.1 Å². The van der Waals surface area contributed by atoms with E-state index in [1.807, 2.05) is 32.9 Å². The van der Waals surface area contributed by atoms with Crippen LogP contribution in [0.15, 0.2) is 36.7 Å². The molecular formula is C19H22ClN3O2. The number of halogens is 1. The number of carbonyl (C=O) groups excluding carboxylic acids is 1. The molecule has 0 saturated heterocycles. The SMILES string of the molecule is CC(C)(C)OC(=O)NC1CC(c2cc(Cl)ncn2)Cc2ccccc21. The van der Waals surface area contributed by atoms with Crippen LogP contribution in [-0.2, 0) is 11.2 Å². The summed E-state index contributed by atoms with van der Waals surface area (Å²) in [7, 11) is 0. The Balaban J connectivity index is 1.85. The molecule has 1 N–H and O–H groups in total. The Morgan fingerprint density at radius 1 is 1.28 bits per heavy atom. The molecule has 0 fully saturated rings. The molecule has 0 bridgehead atoms. The van der Waals surface area contributed by atoms with Gasteiger partial charge in [0.2, 0.25) is 0 Å². The van der Waals surface area contributed by atoms with E-state index in [4.69, 9.17) is 16.3 Å². The first-order valence-corrected chi connectivity index (χ1v) is 8.74. The molecule has 1 heterocycles. The number of nitrogens with one attached hydrogen (secondary N) is 1. The third-order valence-electron chi connectivity index (χ3n) is 4.18. The van der Waals surface area contributed by atoms with Gasteiger partial charge >= 0.3 is 6.09 Å². The second kappa shape index (κ2) is 7.00. The van der Waals surface area contributed by atoms with Crippen molar-refractivity contribution in [1.29, 1.82) is 0 Å². The summed E-state index contributed by atoms with van der Waals surface area (Å²) in [5.74, 6) is 0.162. The number of alkyl carbamates (subject to hydrolysis) is 1. The standard InChI is InChI=1S/C19H22ClN3O2/c1-19(2,3)25-18(24)23-16-9-13(15-10-17(20)22-11-21-15)8-12-6-4-5-7-14(12)16/h4-7,10-11,13,16H,8-9H2,1-3H3,(H,23,24).